The molecule has 0 spiro atoms. The van der Waals surface area contributed by atoms with Crippen LogP contribution >= 0.6 is 11.3 Å². The lowest BCUT2D eigenvalue weighted by molar-refractivity contribution is 0.584. The first-order chi connectivity index (χ1) is 8.65. The van der Waals surface area contributed by atoms with Crippen LogP contribution in [0.15, 0.2) is 24.4 Å². The highest BCUT2D eigenvalue weighted by atomic mass is 32.1. The maximum atomic E-state index is 13.1. The Kier molecular flexibility index (Phi) is 2.59. The maximum Gasteiger partial charge on any atom is 0.212 e. The van der Waals surface area contributed by atoms with Crippen molar-refractivity contribution < 1.29 is 8.78 Å². The highest BCUT2D eigenvalue weighted by Crippen LogP contribution is 2.23. The van der Waals surface area contributed by atoms with Crippen molar-refractivity contribution in [3.63, 3.8) is 0 Å². The van der Waals surface area contributed by atoms with Crippen molar-refractivity contribution in [3.05, 3.63) is 41.0 Å². The van der Waals surface area contributed by atoms with E-state index >= 15 is 0 Å². The van der Waals surface area contributed by atoms with Gasteiger partial charge in [0.25, 0.3) is 0 Å². The molecule has 2 heterocycles. The van der Waals surface area contributed by atoms with E-state index in [1.807, 2.05) is 6.92 Å². The van der Waals surface area contributed by atoms with E-state index in [-0.39, 0.29) is 0 Å². The fraction of sp³-hybridized carbons (Fsp3) is 0.167. The lowest BCUT2D eigenvalue weighted by Gasteiger charge is -1.97. The Labute approximate surface area is 106 Å². The van der Waals surface area contributed by atoms with Crippen LogP contribution in [0.2, 0.25) is 0 Å². The zero-order chi connectivity index (χ0) is 12.7. The van der Waals surface area contributed by atoms with Gasteiger partial charge in [-0.1, -0.05) is 18.3 Å². The third-order valence-electron chi connectivity index (χ3n) is 2.55. The van der Waals surface area contributed by atoms with Crippen molar-refractivity contribution in [3.8, 4) is 11.3 Å². The minimum absolute atomic E-state index is 0.420. The smallest absolute Gasteiger partial charge is 0.212 e. The van der Waals surface area contributed by atoms with Crippen LogP contribution in [0.1, 0.15) is 11.9 Å². The van der Waals surface area contributed by atoms with E-state index in [1.165, 1.54) is 23.5 Å². The standard InChI is InChI=1S/C12H9F2N3S/c1-2-11-16-17-6-10(15-12(17)18-11)7-3-8(13)5-9(14)4-7/h3-6H,2H2,1H3. The van der Waals surface area contributed by atoms with Gasteiger partial charge in [0.15, 0.2) is 0 Å². The molecule has 0 atom stereocenters. The number of fused-ring (bicyclic) bond motifs is 1. The zero-order valence-electron chi connectivity index (χ0n) is 9.52. The quantitative estimate of drug-likeness (QED) is 0.711. The first-order valence-electron chi connectivity index (χ1n) is 5.47. The summed E-state index contributed by atoms with van der Waals surface area (Å²) in [5.74, 6) is -1.22. The molecule has 0 saturated carbocycles. The molecule has 92 valence electrons. The van der Waals surface area contributed by atoms with Crippen molar-refractivity contribution in [1.29, 1.82) is 0 Å². The van der Waals surface area contributed by atoms with E-state index in [9.17, 15) is 8.78 Å². The van der Waals surface area contributed by atoms with Gasteiger partial charge in [0.2, 0.25) is 4.96 Å². The first kappa shape index (κ1) is 11.3. The number of benzene rings is 1. The summed E-state index contributed by atoms with van der Waals surface area (Å²) in [5.41, 5.74) is 0.943. The molecule has 2 aromatic heterocycles. The summed E-state index contributed by atoms with van der Waals surface area (Å²) >= 11 is 1.47. The van der Waals surface area contributed by atoms with E-state index in [0.717, 1.165) is 22.5 Å². The summed E-state index contributed by atoms with van der Waals surface area (Å²) in [6.07, 6.45) is 2.52. The number of aromatic nitrogens is 3. The molecule has 18 heavy (non-hydrogen) atoms. The molecule has 0 bridgehead atoms. The van der Waals surface area contributed by atoms with E-state index in [2.05, 4.69) is 10.1 Å². The number of rotatable bonds is 2. The van der Waals surface area contributed by atoms with Gasteiger partial charge in [-0.2, -0.15) is 5.10 Å². The molecule has 3 aromatic rings. The number of nitrogens with zero attached hydrogens (tertiary/aromatic N) is 3. The predicted octanol–water partition coefficient (Wildman–Crippen LogP) is 3.30. The molecule has 0 unspecified atom stereocenters. The molecule has 6 heteroatoms. The molecule has 0 aliphatic rings. The van der Waals surface area contributed by atoms with Gasteiger partial charge in [0.05, 0.1) is 11.9 Å². The summed E-state index contributed by atoms with van der Waals surface area (Å²) in [5, 5.41) is 5.29. The summed E-state index contributed by atoms with van der Waals surface area (Å²) in [7, 11) is 0. The van der Waals surface area contributed by atoms with E-state index in [1.54, 1.807) is 10.7 Å². The van der Waals surface area contributed by atoms with Crippen molar-refractivity contribution >= 4 is 16.3 Å². The second-order valence-electron chi connectivity index (χ2n) is 3.86. The van der Waals surface area contributed by atoms with Crippen molar-refractivity contribution in [2.75, 3.05) is 0 Å². The molecule has 0 aliphatic heterocycles. The van der Waals surface area contributed by atoms with Crippen LogP contribution < -0.4 is 0 Å². The second-order valence-corrected chi connectivity index (χ2v) is 4.90. The summed E-state index contributed by atoms with van der Waals surface area (Å²) in [4.78, 5) is 5.05. The van der Waals surface area contributed by atoms with E-state index in [0.29, 0.717) is 11.3 Å². The van der Waals surface area contributed by atoms with E-state index < -0.39 is 11.6 Å². The fourth-order valence-corrected chi connectivity index (χ4v) is 2.54. The molecule has 0 aliphatic carbocycles. The molecule has 3 nitrogen and oxygen atoms in total. The molecule has 0 amide bonds. The Morgan fingerprint density at radius 2 is 1.94 bits per heavy atom. The molecule has 0 radical (unpaired) electrons. The Hall–Kier alpha value is -1.82. The van der Waals surface area contributed by atoms with Gasteiger partial charge in [-0.25, -0.2) is 18.3 Å². The SMILES string of the molecule is CCc1nn2cc(-c3cc(F)cc(F)c3)nc2s1. The van der Waals surface area contributed by atoms with Gasteiger partial charge >= 0.3 is 0 Å². The van der Waals surface area contributed by atoms with Gasteiger partial charge < -0.3 is 0 Å². The van der Waals surface area contributed by atoms with Gasteiger partial charge in [-0.3, -0.25) is 0 Å². The molecule has 0 fully saturated rings. The Bertz CT molecular complexity index is 666. The number of aryl methyl sites for hydroxylation is 1. The molecular weight excluding hydrogens is 256 g/mol. The lowest BCUT2D eigenvalue weighted by Crippen LogP contribution is -1.85. The molecule has 1 aromatic carbocycles. The monoisotopic (exact) mass is 265 g/mol. The normalized spacial score (nSPS) is 11.3. The van der Waals surface area contributed by atoms with Gasteiger partial charge in [-0.05, 0) is 18.6 Å². The topological polar surface area (TPSA) is 30.2 Å². The average Bonchev–Trinajstić information content (AvgIpc) is 2.84. The van der Waals surface area contributed by atoms with Gasteiger partial charge in [0.1, 0.15) is 16.6 Å². The minimum atomic E-state index is -0.608. The number of hydrogen-bond donors (Lipinski definition) is 0. The third kappa shape index (κ3) is 1.88. The molecule has 3 rings (SSSR count). The number of hydrogen-bond acceptors (Lipinski definition) is 3. The average molecular weight is 265 g/mol. The Morgan fingerprint density at radius 3 is 2.56 bits per heavy atom. The largest absolute Gasteiger partial charge is 0.217 e. The Morgan fingerprint density at radius 1 is 1.22 bits per heavy atom. The first-order valence-corrected chi connectivity index (χ1v) is 6.29. The van der Waals surface area contributed by atoms with Crippen LogP contribution in [-0.2, 0) is 6.42 Å². The number of halogens is 2. The molecular formula is C12H9F2N3S. The summed E-state index contributed by atoms with van der Waals surface area (Å²) in [6.45, 7) is 2.02. The van der Waals surface area contributed by atoms with Crippen LogP contribution in [0.5, 0.6) is 0 Å². The van der Waals surface area contributed by atoms with Crippen molar-refractivity contribution in [2.45, 2.75) is 13.3 Å². The van der Waals surface area contributed by atoms with Crippen LogP contribution in [0.25, 0.3) is 16.2 Å². The van der Waals surface area contributed by atoms with Crippen molar-refractivity contribution in [2.24, 2.45) is 0 Å². The highest BCUT2D eigenvalue weighted by molar-refractivity contribution is 7.16. The maximum absolute atomic E-state index is 13.1. The predicted molar refractivity (Wildman–Crippen MR) is 65.6 cm³/mol. The second kappa shape index (κ2) is 4.13. The van der Waals surface area contributed by atoms with Gasteiger partial charge in [0, 0.05) is 11.6 Å². The number of imidazole rings is 1. The van der Waals surface area contributed by atoms with Crippen LogP contribution in [0.3, 0.4) is 0 Å². The minimum Gasteiger partial charge on any atom is -0.217 e. The lowest BCUT2D eigenvalue weighted by atomic mass is 10.1. The summed E-state index contributed by atoms with van der Waals surface area (Å²) < 4.78 is 27.9. The molecule has 0 saturated heterocycles. The highest BCUT2D eigenvalue weighted by Gasteiger charge is 2.10. The van der Waals surface area contributed by atoms with Crippen LogP contribution in [0.4, 0.5) is 8.78 Å². The summed E-state index contributed by atoms with van der Waals surface area (Å²) in [6, 6.07) is 3.36. The molecule has 0 N–H and O–H groups in total. The zero-order valence-corrected chi connectivity index (χ0v) is 10.3. The van der Waals surface area contributed by atoms with E-state index in [4.69, 9.17) is 0 Å². The van der Waals surface area contributed by atoms with Crippen molar-refractivity contribution in [1.82, 2.24) is 14.6 Å². The fourth-order valence-electron chi connectivity index (χ4n) is 1.73. The van der Waals surface area contributed by atoms with Crippen LogP contribution in [0, 0.1) is 11.6 Å². The Balaban J connectivity index is 2.10. The third-order valence-corrected chi connectivity index (χ3v) is 3.61. The van der Waals surface area contributed by atoms with Crippen LogP contribution in [-0.4, -0.2) is 14.6 Å². The van der Waals surface area contributed by atoms with Gasteiger partial charge in [-0.15, -0.1) is 0 Å².